The maximum Gasteiger partial charge on any atom is 0.354 e. The lowest BCUT2D eigenvalue weighted by molar-refractivity contribution is -0.151. The van der Waals surface area contributed by atoms with Crippen LogP contribution in [0, 0.1) is 0 Å². The Bertz CT molecular complexity index is 692. The Hall–Kier alpha value is -2.32. The van der Waals surface area contributed by atoms with Crippen molar-refractivity contribution in [2.45, 2.75) is 24.9 Å². The van der Waals surface area contributed by atoms with Gasteiger partial charge in [-0.05, 0) is 18.1 Å². The molecule has 1 N–H and O–H groups in total. The van der Waals surface area contributed by atoms with E-state index in [0.29, 0.717) is 24.5 Å². The van der Waals surface area contributed by atoms with Crippen LogP contribution >= 0.6 is 11.8 Å². The van der Waals surface area contributed by atoms with E-state index < -0.39 is 12.0 Å². The van der Waals surface area contributed by atoms with Crippen molar-refractivity contribution >= 4 is 30.0 Å². The molecule has 0 spiro atoms. The number of esters is 1. The summed E-state index contributed by atoms with van der Waals surface area (Å²) in [6.07, 6.45) is 0.503. The number of hydrogen-bond donors (Lipinski definition) is 1. The number of methoxy groups -OCH3 is 2. The molecule has 2 atom stereocenters. The molecule has 7 nitrogen and oxygen atoms in total. The van der Waals surface area contributed by atoms with Gasteiger partial charge < -0.3 is 14.8 Å². The molecular formula is C18H22N2O5S. The van der Waals surface area contributed by atoms with Crippen LogP contribution in [-0.2, 0) is 30.5 Å². The molecule has 0 unspecified atom stereocenters. The summed E-state index contributed by atoms with van der Waals surface area (Å²) in [6.45, 7) is 2.50. The molecule has 2 aliphatic rings. The standard InChI is InChI=1S/C10H12N2O4S.C8H10O/c1-5-3-17-9-6(11-4-13)8(14)12(9)7(5)10(15)16-2;1-9-7-8-5-3-2-4-6-8/h4,6,9H,3H2,1-2H3,(H,11,13);2-6H,7H2,1H3/t6-,9-;/m1./s1. The summed E-state index contributed by atoms with van der Waals surface area (Å²) in [4.78, 5) is 35.2. The van der Waals surface area contributed by atoms with Gasteiger partial charge in [0.15, 0.2) is 0 Å². The van der Waals surface area contributed by atoms with Crippen molar-refractivity contribution in [3.05, 3.63) is 47.2 Å². The van der Waals surface area contributed by atoms with Crippen LogP contribution in [0.1, 0.15) is 12.5 Å². The van der Waals surface area contributed by atoms with Gasteiger partial charge in [0.2, 0.25) is 6.41 Å². The molecule has 0 radical (unpaired) electrons. The zero-order valence-corrected chi connectivity index (χ0v) is 15.7. The van der Waals surface area contributed by atoms with E-state index in [4.69, 9.17) is 4.74 Å². The topological polar surface area (TPSA) is 84.9 Å². The highest BCUT2D eigenvalue weighted by Crippen LogP contribution is 2.40. The Morgan fingerprint density at radius 1 is 1.35 bits per heavy atom. The highest BCUT2D eigenvalue weighted by molar-refractivity contribution is 8.00. The average molecular weight is 378 g/mol. The fourth-order valence-corrected chi connectivity index (χ4v) is 4.00. The molecule has 2 amide bonds. The van der Waals surface area contributed by atoms with Gasteiger partial charge >= 0.3 is 5.97 Å². The van der Waals surface area contributed by atoms with E-state index in [9.17, 15) is 14.4 Å². The number of carbonyl (C=O) groups excluding carboxylic acids is 3. The van der Waals surface area contributed by atoms with Gasteiger partial charge in [-0.2, -0.15) is 0 Å². The zero-order valence-electron chi connectivity index (χ0n) is 14.9. The Morgan fingerprint density at radius 2 is 2.04 bits per heavy atom. The molecule has 0 saturated carbocycles. The third-order valence-corrected chi connectivity index (χ3v) is 5.36. The Labute approximate surface area is 156 Å². The summed E-state index contributed by atoms with van der Waals surface area (Å²) in [7, 11) is 2.98. The van der Waals surface area contributed by atoms with Crippen LogP contribution < -0.4 is 5.32 Å². The van der Waals surface area contributed by atoms with Crippen molar-refractivity contribution < 1.29 is 23.9 Å². The first kappa shape index (κ1) is 20.0. The lowest BCUT2D eigenvalue weighted by Crippen LogP contribution is -2.69. The van der Waals surface area contributed by atoms with Gasteiger partial charge in [-0.15, -0.1) is 11.8 Å². The van der Waals surface area contributed by atoms with Crippen molar-refractivity contribution in [2.75, 3.05) is 20.0 Å². The maximum absolute atomic E-state index is 11.8. The number of hydrogen-bond acceptors (Lipinski definition) is 6. The van der Waals surface area contributed by atoms with Crippen LogP contribution in [0.3, 0.4) is 0 Å². The minimum Gasteiger partial charge on any atom is -0.464 e. The molecule has 1 fully saturated rings. The number of amides is 2. The van der Waals surface area contributed by atoms with Crippen LogP contribution in [0.5, 0.6) is 0 Å². The quantitative estimate of drug-likeness (QED) is 0.472. The molecule has 1 aromatic rings. The van der Waals surface area contributed by atoms with Crippen molar-refractivity contribution in [1.82, 2.24) is 10.2 Å². The average Bonchev–Trinajstić information content (AvgIpc) is 2.67. The van der Waals surface area contributed by atoms with E-state index in [-0.39, 0.29) is 11.3 Å². The summed E-state index contributed by atoms with van der Waals surface area (Å²) in [5, 5.41) is 2.25. The van der Waals surface area contributed by atoms with Gasteiger partial charge in [-0.3, -0.25) is 14.5 Å². The second kappa shape index (κ2) is 9.40. The van der Waals surface area contributed by atoms with Crippen LogP contribution in [-0.4, -0.2) is 54.6 Å². The van der Waals surface area contributed by atoms with Crippen molar-refractivity contribution in [3.8, 4) is 0 Å². The largest absolute Gasteiger partial charge is 0.464 e. The van der Waals surface area contributed by atoms with Crippen molar-refractivity contribution in [3.63, 3.8) is 0 Å². The number of benzene rings is 1. The van der Waals surface area contributed by atoms with E-state index >= 15 is 0 Å². The van der Waals surface area contributed by atoms with Crippen LogP contribution in [0.2, 0.25) is 0 Å². The van der Waals surface area contributed by atoms with Crippen molar-refractivity contribution in [2.24, 2.45) is 0 Å². The summed E-state index contributed by atoms with van der Waals surface area (Å²) in [5.41, 5.74) is 2.35. The number of carbonyl (C=O) groups is 3. The van der Waals surface area contributed by atoms with Gasteiger partial charge in [-0.25, -0.2) is 4.79 Å². The molecule has 0 aliphatic carbocycles. The van der Waals surface area contributed by atoms with Crippen LogP contribution in [0.4, 0.5) is 0 Å². The molecule has 0 aromatic heterocycles. The van der Waals surface area contributed by atoms with Gasteiger partial charge in [0, 0.05) is 12.9 Å². The minimum atomic E-state index is -0.537. The molecule has 2 aliphatic heterocycles. The van der Waals surface area contributed by atoms with Crippen molar-refractivity contribution in [1.29, 1.82) is 0 Å². The van der Waals surface area contributed by atoms with E-state index in [1.165, 1.54) is 29.3 Å². The lowest BCUT2D eigenvalue weighted by Gasteiger charge is -2.49. The number of thioether (sulfide) groups is 1. The maximum atomic E-state index is 11.8. The van der Waals surface area contributed by atoms with Crippen LogP contribution in [0.15, 0.2) is 41.6 Å². The van der Waals surface area contributed by atoms with Gasteiger partial charge in [0.05, 0.1) is 13.7 Å². The second-order valence-electron chi connectivity index (χ2n) is 5.71. The first-order valence-electron chi connectivity index (χ1n) is 8.00. The van der Waals surface area contributed by atoms with Gasteiger partial charge in [0.1, 0.15) is 17.1 Å². The number of fused-ring (bicyclic) bond motifs is 1. The van der Waals surface area contributed by atoms with E-state index in [0.717, 1.165) is 5.57 Å². The van der Waals surface area contributed by atoms with E-state index in [1.54, 1.807) is 14.0 Å². The summed E-state index contributed by atoms with van der Waals surface area (Å²) >= 11 is 1.52. The predicted octanol–water partition coefficient (Wildman–Crippen LogP) is 1.30. The molecule has 1 aromatic carbocycles. The second-order valence-corrected chi connectivity index (χ2v) is 6.82. The Balaban J connectivity index is 0.000000228. The van der Waals surface area contributed by atoms with Crippen LogP contribution in [0.25, 0.3) is 0 Å². The molecule has 1 saturated heterocycles. The molecule has 3 rings (SSSR count). The molecule has 2 heterocycles. The lowest BCUT2D eigenvalue weighted by atomic mass is 10.0. The Morgan fingerprint density at radius 3 is 2.62 bits per heavy atom. The SMILES string of the molecule is COC(=O)C1=C(C)CS[C@@H]2[C@H](NC=O)C(=O)N12.COCc1ccccc1. The zero-order chi connectivity index (χ0) is 19.1. The summed E-state index contributed by atoms with van der Waals surface area (Å²) < 4.78 is 9.59. The third-order valence-electron chi connectivity index (χ3n) is 3.94. The van der Waals surface area contributed by atoms with Gasteiger partial charge in [0.25, 0.3) is 5.91 Å². The number of nitrogens with zero attached hydrogens (tertiary/aromatic N) is 1. The third kappa shape index (κ3) is 4.25. The fraction of sp³-hybridized carbons (Fsp3) is 0.389. The monoisotopic (exact) mass is 378 g/mol. The number of rotatable bonds is 5. The highest BCUT2D eigenvalue weighted by atomic mass is 32.2. The highest BCUT2D eigenvalue weighted by Gasteiger charge is 2.53. The smallest absolute Gasteiger partial charge is 0.354 e. The first-order chi connectivity index (χ1) is 12.5. The Kier molecular flexibility index (Phi) is 7.23. The molecule has 0 bridgehead atoms. The van der Waals surface area contributed by atoms with E-state index in [2.05, 4.69) is 10.1 Å². The summed E-state index contributed by atoms with van der Waals surface area (Å²) in [6, 6.07) is 9.57. The first-order valence-corrected chi connectivity index (χ1v) is 9.05. The van der Waals surface area contributed by atoms with Gasteiger partial charge in [-0.1, -0.05) is 30.3 Å². The normalized spacial score (nSPS) is 21.0. The van der Waals surface area contributed by atoms with E-state index in [1.807, 2.05) is 30.3 Å². The number of β-lactam (4-membered cyclic amide) rings is 1. The molecule has 26 heavy (non-hydrogen) atoms. The predicted molar refractivity (Wildman–Crippen MR) is 98.0 cm³/mol. The molecule has 140 valence electrons. The number of nitrogens with one attached hydrogen (secondary N) is 1. The summed E-state index contributed by atoms with van der Waals surface area (Å²) in [5.74, 6) is -0.129. The molecular weight excluding hydrogens is 356 g/mol. The number of ether oxygens (including phenoxy) is 2. The molecule has 8 heteroatoms. The fourth-order valence-electron chi connectivity index (χ4n) is 2.69. The minimum absolute atomic E-state index is 0.203.